The number of pyridine rings is 1. The first-order chi connectivity index (χ1) is 13.4. The Balaban J connectivity index is 1.54. The maximum Gasteiger partial charge on any atom is 0.254 e. The Labute approximate surface area is 172 Å². The van der Waals surface area contributed by atoms with Crippen LogP contribution in [-0.4, -0.2) is 54.7 Å². The van der Waals surface area contributed by atoms with Crippen LogP contribution in [0.2, 0.25) is 4.34 Å². The number of carbonyl (C=O) groups is 1. The highest BCUT2D eigenvalue weighted by Crippen LogP contribution is 2.29. The summed E-state index contributed by atoms with van der Waals surface area (Å²) in [5, 5.41) is 0.807. The summed E-state index contributed by atoms with van der Waals surface area (Å²) in [7, 11) is -3.58. The monoisotopic (exact) mass is 435 g/mol. The SMILES string of the molecule is Cc1cc(C(=O)N2CCN(S(=O)(=O)c3ccc(Cl)s3)CC2)c2ccccc2n1. The van der Waals surface area contributed by atoms with Gasteiger partial charge in [0.15, 0.2) is 0 Å². The van der Waals surface area contributed by atoms with Gasteiger partial charge in [0.2, 0.25) is 0 Å². The molecular weight excluding hydrogens is 418 g/mol. The molecule has 1 amide bonds. The molecule has 0 aliphatic carbocycles. The van der Waals surface area contributed by atoms with Crippen LogP contribution in [0.25, 0.3) is 10.9 Å². The lowest BCUT2D eigenvalue weighted by atomic mass is 10.1. The van der Waals surface area contributed by atoms with Gasteiger partial charge < -0.3 is 4.90 Å². The van der Waals surface area contributed by atoms with Crippen molar-refractivity contribution in [3.8, 4) is 0 Å². The van der Waals surface area contributed by atoms with Gasteiger partial charge in [-0.25, -0.2) is 8.42 Å². The molecular formula is C19H18ClN3O3S2. The number of hydrogen-bond donors (Lipinski definition) is 0. The molecule has 1 aromatic carbocycles. The average molecular weight is 436 g/mol. The topological polar surface area (TPSA) is 70.6 Å². The van der Waals surface area contributed by atoms with Crippen LogP contribution in [0.15, 0.2) is 46.7 Å². The summed E-state index contributed by atoms with van der Waals surface area (Å²) in [6.45, 7) is 3.05. The van der Waals surface area contributed by atoms with Gasteiger partial charge in [0.25, 0.3) is 15.9 Å². The molecule has 0 atom stereocenters. The normalized spacial score (nSPS) is 15.9. The minimum absolute atomic E-state index is 0.0992. The summed E-state index contributed by atoms with van der Waals surface area (Å²) < 4.78 is 27.5. The van der Waals surface area contributed by atoms with Crippen LogP contribution in [0.1, 0.15) is 16.1 Å². The third-order valence-electron chi connectivity index (χ3n) is 4.74. The second kappa shape index (κ2) is 7.44. The molecule has 1 fully saturated rings. The highest BCUT2D eigenvalue weighted by Gasteiger charge is 2.31. The Kier molecular flexibility index (Phi) is 5.13. The number of rotatable bonds is 3. The first-order valence-corrected chi connectivity index (χ1v) is 11.4. The van der Waals surface area contributed by atoms with Gasteiger partial charge in [-0.05, 0) is 31.2 Å². The van der Waals surface area contributed by atoms with Crippen LogP contribution in [-0.2, 0) is 10.0 Å². The van der Waals surface area contributed by atoms with Gasteiger partial charge in [0, 0.05) is 37.3 Å². The highest BCUT2D eigenvalue weighted by atomic mass is 35.5. The molecule has 4 rings (SSSR count). The summed E-state index contributed by atoms with van der Waals surface area (Å²) in [6.07, 6.45) is 0. The van der Waals surface area contributed by atoms with E-state index in [1.54, 1.807) is 17.0 Å². The standard InChI is InChI=1S/C19H18ClN3O3S2/c1-13-12-15(14-4-2-3-5-16(14)21-13)19(24)22-8-10-23(11-9-22)28(25,26)18-7-6-17(20)27-18/h2-7,12H,8-11H2,1H3. The second-order valence-electron chi connectivity index (χ2n) is 6.58. The molecule has 6 nitrogen and oxygen atoms in total. The summed E-state index contributed by atoms with van der Waals surface area (Å²) in [5.74, 6) is -0.0992. The largest absolute Gasteiger partial charge is 0.336 e. The highest BCUT2D eigenvalue weighted by molar-refractivity contribution is 7.91. The third-order valence-corrected chi connectivity index (χ3v) is 8.34. The van der Waals surface area contributed by atoms with Gasteiger partial charge in [-0.3, -0.25) is 9.78 Å². The molecule has 146 valence electrons. The Morgan fingerprint density at radius 3 is 2.50 bits per heavy atom. The van der Waals surface area contributed by atoms with Crippen molar-refractivity contribution < 1.29 is 13.2 Å². The molecule has 2 aromatic heterocycles. The number of aryl methyl sites for hydroxylation is 1. The van der Waals surface area contributed by atoms with Crippen molar-refractivity contribution in [3.63, 3.8) is 0 Å². The van der Waals surface area contributed by atoms with Crippen LogP contribution in [0, 0.1) is 6.92 Å². The molecule has 1 saturated heterocycles. The fraction of sp³-hybridized carbons (Fsp3) is 0.263. The second-order valence-corrected chi connectivity index (χ2v) is 10.5. The first kappa shape index (κ1) is 19.3. The Bertz CT molecular complexity index is 1150. The van der Waals surface area contributed by atoms with Crippen LogP contribution in [0.4, 0.5) is 0 Å². The van der Waals surface area contributed by atoms with Gasteiger partial charge in [-0.2, -0.15) is 4.31 Å². The van der Waals surface area contributed by atoms with Crippen molar-refractivity contribution in [2.45, 2.75) is 11.1 Å². The zero-order chi connectivity index (χ0) is 19.9. The molecule has 3 aromatic rings. The average Bonchev–Trinajstić information content (AvgIpc) is 3.14. The Morgan fingerprint density at radius 2 is 1.82 bits per heavy atom. The smallest absolute Gasteiger partial charge is 0.254 e. The number of amides is 1. The molecule has 28 heavy (non-hydrogen) atoms. The number of carbonyl (C=O) groups excluding carboxylic acids is 1. The minimum Gasteiger partial charge on any atom is -0.336 e. The molecule has 0 bridgehead atoms. The molecule has 0 saturated carbocycles. The van der Waals surface area contributed by atoms with Gasteiger partial charge in [0.1, 0.15) is 4.21 Å². The fourth-order valence-corrected chi connectivity index (χ4v) is 6.41. The van der Waals surface area contributed by atoms with Crippen LogP contribution < -0.4 is 0 Å². The molecule has 0 radical (unpaired) electrons. The Hall–Kier alpha value is -2.00. The van der Waals surface area contributed by atoms with Crippen molar-refractivity contribution in [3.05, 3.63) is 58.1 Å². The van der Waals surface area contributed by atoms with E-state index >= 15 is 0 Å². The van der Waals surface area contributed by atoms with E-state index in [1.165, 1.54) is 10.4 Å². The van der Waals surface area contributed by atoms with E-state index in [4.69, 9.17) is 11.6 Å². The molecule has 0 unspecified atom stereocenters. The zero-order valence-electron chi connectivity index (χ0n) is 15.1. The maximum atomic E-state index is 13.1. The first-order valence-electron chi connectivity index (χ1n) is 8.77. The molecule has 3 heterocycles. The van der Waals surface area contributed by atoms with Crippen molar-refractivity contribution in [2.75, 3.05) is 26.2 Å². The molecule has 1 aliphatic heterocycles. The van der Waals surface area contributed by atoms with E-state index in [-0.39, 0.29) is 23.2 Å². The quantitative estimate of drug-likeness (QED) is 0.632. The van der Waals surface area contributed by atoms with Gasteiger partial charge in [-0.1, -0.05) is 29.8 Å². The molecule has 1 aliphatic rings. The van der Waals surface area contributed by atoms with Crippen molar-refractivity contribution in [1.82, 2.24) is 14.2 Å². The van der Waals surface area contributed by atoms with E-state index in [0.717, 1.165) is 27.9 Å². The zero-order valence-corrected chi connectivity index (χ0v) is 17.5. The number of fused-ring (bicyclic) bond motifs is 1. The number of nitrogens with zero attached hydrogens (tertiary/aromatic N) is 3. The number of thiophene rings is 1. The number of benzene rings is 1. The number of para-hydroxylation sites is 1. The van der Waals surface area contributed by atoms with Crippen molar-refractivity contribution >= 4 is 49.8 Å². The van der Waals surface area contributed by atoms with Gasteiger partial charge >= 0.3 is 0 Å². The van der Waals surface area contributed by atoms with E-state index in [0.29, 0.717) is 23.0 Å². The number of aromatic nitrogens is 1. The Morgan fingerprint density at radius 1 is 1.11 bits per heavy atom. The van der Waals surface area contributed by atoms with E-state index in [9.17, 15) is 13.2 Å². The van der Waals surface area contributed by atoms with Crippen LogP contribution in [0.5, 0.6) is 0 Å². The summed E-state index contributed by atoms with van der Waals surface area (Å²) >= 11 is 6.92. The third kappa shape index (κ3) is 3.53. The van der Waals surface area contributed by atoms with Crippen molar-refractivity contribution in [1.29, 1.82) is 0 Å². The maximum absolute atomic E-state index is 13.1. The van der Waals surface area contributed by atoms with Gasteiger partial charge in [-0.15, -0.1) is 11.3 Å². The number of sulfonamides is 1. The van der Waals surface area contributed by atoms with E-state index in [2.05, 4.69) is 4.98 Å². The van der Waals surface area contributed by atoms with Crippen molar-refractivity contribution in [2.24, 2.45) is 0 Å². The lowest BCUT2D eigenvalue weighted by Gasteiger charge is -2.34. The fourth-order valence-electron chi connectivity index (χ4n) is 3.35. The van der Waals surface area contributed by atoms with Crippen LogP contribution in [0.3, 0.4) is 0 Å². The lowest BCUT2D eigenvalue weighted by Crippen LogP contribution is -2.50. The molecule has 9 heteroatoms. The predicted molar refractivity (Wildman–Crippen MR) is 110 cm³/mol. The van der Waals surface area contributed by atoms with Gasteiger partial charge in [0.05, 0.1) is 15.4 Å². The number of piperazine rings is 1. The number of hydrogen-bond acceptors (Lipinski definition) is 5. The summed E-state index contributed by atoms with van der Waals surface area (Å²) in [4.78, 5) is 19.3. The molecule has 0 spiro atoms. The lowest BCUT2D eigenvalue weighted by molar-refractivity contribution is 0.0700. The molecule has 0 N–H and O–H groups in total. The van der Waals surface area contributed by atoms with Crippen LogP contribution >= 0.6 is 22.9 Å². The van der Waals surface area contributed by atoms with E-state index < -0.39 is 10.0 Å². The number of halogens is 1. The summed E-state index contributed by atoms with van der Waals surface area (Å²) in [6, 6.07) is 12.4. The minimum atomic E-state index is -3.58. The van der Waals surface area contributed by atoms with E-state index in [1.807, 2.05) is 31.2 Å². The summed E-state index contributed by atoms with van der Waals surface area (Å²) in [5.41, 5.74) is 2.16. The predicted octanol–water partition coefficient (Wildman–Crippen LogP) is 3.40.